The second kappa shape index (κ2) is 5.52. The zero-order valence-electron chi connectivity index (χ0n) is 12.6. The summed E-state index contributed by atoms with van der Waals surface area (Å²) in [5.74, 6) is 1.28. The van der Waals surface area contributed by atoms with E-state index in [1.807, 2.05) is 35.7 Å². The van der Waals surface area contributed by atoms with Crippen molar-refractivity contribution in [2.24, 2.45) is 0 Å². The Morgan fingerprint density at radius 1 is 1.05 bits per heavy atom. The summed E-state index contributed by atoms with van der Waals surface area (Å²) in [6.07, 6.45) is 4.74. The van der Waals surface area contributed by atoms with Gasteiger partial charge in [-0.1, -0.05) is 24.3 Å². The lowest BCUT2D eigenvalue weighted by Gasteiger charge is -2.27. The van der Waals surface area contributed by atoms with Gasteiger partial charge >= 0.3 is 0 Å². The summed E-state index contributed by atoms with van der Waals surface area (Å²) in [4.78, 5) is 3.20. The quantitative estimate of drug-likeness (QED) is 0.860. The second-order valence-corrected chi connectivity index (χ2v) is 7.06. The molecule has 1 aromatic carbocycles. The van der Waals surface area contributed by atoms with Crippen molar-refractivity contribution in [2.75, 3.05) is 18.0 Å². The van der Waals surface area contributed by atoms with Gasteiger partial charge in [0.1, 0.15) is 5.69 Å². The molecule has 1 N–H and O–H groups in total. The first kappa shape index (κ1) is 14.0. The number of benzene rings is 1. The van der Waals surface area contributed by atoms with Crippen molar-refractivity contribution < 1.29 is 9.68 Å². The molecule has 3 heterocycles. The summed E-state index contributed by atoms with van der Waals surface area (Å²) in [5, 5.41) is 13.6. The van der Waals surface area contributed by atoms with Crippen LogP contribution < -0.4 is 4.90 Å². The molecule has 0 saturated carbocycles. The predicted octanol–water partition coefficient (Wildman–Crippen LogP) is 3.40. The van der Waals surface area contributed by atoms with Gasteiger partial charge in [-0.3, -0.25) is 4.58 Å². The third kappa shape index (κ3) is 2.18. The zero-order valence-corrected chi connectivity index (χ0v) is 13.4. The SMILES string of the molecule is OC1(c2cccs2)C[N+]2=C(CCCCC2)N1c1ccccc1. The first-order valence-corrected chi connectivity index (χ1v) is 8.89. The summed E-state index contributed by atoms with van der Waals surface area (Å²) < 4.78 is 2.39. The first-order chi connectivity index (χ1) is 10.8. The second-order valence-electron chi connectivity index (χ2n) is 6.11. The molecule has 2 aliphatic rings. The number of thiophene rings is 1. The zero-order chi connectivity index (χ0) is 15.0. The van der Waals surface area contributed by atoms with Gasteiger partial charge in [-0.25, -0.2) is 0 Å². The summed E-state index contributed by atoms with van der Waals surface area (Å²) in [6, 6.07) is 14.4. The number of aliphatic hydroxyl groups is 1. The van der Waals surface area contributed by atoms with Crippen LogP contribution in [0, 0.1) is 0 Å². The molecule has 3 nitrogen and oxygen atoms in total. The highest BCUT2D eigenvalue weighted by Gasteiger charge is 2.54. The Labute approximate surface area is 135 Å². The smallest absolute Gasteiger partial charge is 0.284 e. The average Bonchev–Trinajstić information content (AvgIpc) is 3.11. The van der Waals surface area contributed by atoms with E-state index in [0.29, 0.717) is 6.54 Å². The van der Waals surface area contributed by atoms with Gasteiger partial charge in [0.15, 0.2) is 6.54 Å². The highest BCUT2D eigenvalue weighted by molar-refractivity contribution is 7.10. The van der Waals surface area contributed by atoms with E-state index in [9.17, 15) is 5.11 Å². The van der Waals surface area contributed by atoms with Crippen molar-refractivity contribution in [3.05, 3.63) is 52.7 Å². The highest BCUT2D eigenvalue weighted by Crippen LogP contribution is 2.39. The Hall–Kier alpha value is -1.65. The van der Waals surface area contributed by atoms with Gasteiger partial charge in [-0.15, -0.1) is 11.3 Å². The maximum Gasteiger partial charge on any atom is 0.284 e. The number of rotatable bonds is 2. The van der Waals surface area contributed by atoms with Gasteiger partial charge in [-0.05, 0) is 42.8 Å². The standard InChI is InChI=1S/C18H21N2OS/c21-18(16-10-7-13-22-16)14-19-12-6-2-5-11-17(19)20(18)15-8-3-1-4-9-15/h1,3-4,7-10,13,21H,2,5-6,11-12,14H2/q+1. The fourth-order valence-electron chi connectivity index (χ4n) is 3.66. The molecule has 2 aliphatic heterocycles. The van der Waals surface area contributed by atoms with E-state index in [4.69, 9.17) is 0 Å². The van der Waals surface area contributed by atoms with Crippen LogP contribution in [0.25, 0.3) is 0 Å². The summed E-state index contributed by atoms with van der Waals surface area (Å²) in [5.41, 5.74) is 0.139. The van der Waals surface area contributed by atoms with Gasteiger partial charge < -0.3 is 5.11 Å². The molecule has 0 bridgehead atoms. The van der Waals surface area contributed by atoms with Gasteiger partial charge in [0.25, 0.3) is 11.6 Å². The van der Waals surface area contributed by atoms with Crippen molar-refractivity contribution in [2.45, 2.75) is 31.4 Å². The van der Waals surface area contributed by atoms with Crippen LogP contribution in [0.3, 0.4) is 0 Å². The van der Waals surface area contributed by atoms with Gasteiger partial charge in [-0.2, -0.15) is 4.90 Å². The maximum atomic E-state index is 11.6. The molecular formula is C18H21N2OS+. The molecule has 0 spiro atoms. The number of amidine groups is 1. The van der Waals surface area contributed by atoms with Crippen LogP contribution >= 0.6 is 11.3 Å². The Balaban J connectivity index is 1.84. The van der Waals surface area contributed by atoms with Gasteiger partial charge in [0, 0.05) is 6.42 Å². The Morgan fingerprint density at radius 2 is 1.91 bits per heavy atom. The van der Waals surface area contributed by atoms with Crippen LogP contribution in [0.4, 0.5) is 5.69 Å². The molecule has 1 aromatic heterocycles. The van der Waals surface area contributed by atoms with Crippen molar-refractivity contribution in [1.82, 2.24) is 0 Å². The summed E-state index contributed by atoms with van der Waals surface area (Å²) >= 11 is 1.64. The van der Waals surface area contributed by atoms with E-state index in [2.05, 4.69) is 21.6 Å². The summed E-state index contributed by atoms with van der Waals surface area (Å²) in [7, 11) is 0. The van der Waals surface area contributed by atoms with Crippen molar-refractivity contribution in [1.29, 1.82) is 0 Å². The summed E-state index contributed by atoms with van der Waals surface area (Å²) in [6.45, 7) is 1.71. The monoisotopic (exact) mass is 313 g/mol. The third-order valence-electron chi connectivity index (χ3n) is 4.66. The molecule has 0 fully saturated rings. The number of nitrogens with zero attached hydrogens (tertiary/aromatic N) is 2. The lowest BCUT2D eigenvalue weighted by atomic mass is 10.1. The van der Waals surface area contributed by atoms with E-state index in [1.54, 1.807) is 11.3 Å². The van der Waals surface area contributed by atoms with Gasteiger partial charge in [0.2, 0.25) is 0 Å². The van der Waals surface area contributed by atoms with Crippen molar-refractivity contribution in [3.63, 3.8) is 0 Å². The van der Waals surface area contributed by atoms with Crippen LogP contribution in [0.1, 0.15) is 30.6 Å². The molecular weight excluding hydrogens is 292 g/mol. The normalized spacial score (nSPS) is 25.2. The van der Waals surface area contributed by atoms with Crippen LogP contribution in [0.5, 0.6) is 0 Å². The van der Waals surface area contributed by atoms with E-state index in [0.717, 1.165) is 23.5 Å². The minimum absolute atomic E-state index is 0.664. The fraction of sp³-hybridized carbons (Fsp3) is 0.389. The lowest BCUT2D eigenvalue weighted by Crippen LogP contribution is -2.46. The molecule has 0 amide bonds. The van der Waals surface area contributed by atoms with Crippen molar-refractivity contribution in [3.8, 4) is 0 Å². The third-order valence-corrected chi connectivity index (χ3v) is 5.67. The number of para-hydroxylation sites is 1. The number of anilines is 1. The molecule has 2 aromatic rings. The predicted molar refractivity (Wildman–Crippen MR) is 90.6 cm³/mol. The van der Waals surface area contributed by atoms with Crippen LogP contribution in [0.15, 0.2) is 47.8 Å². The van der Waals surface area contributed by atoms with E-state index >= 15 is 0 Å². The van der Waals surface area contributed by atoms with Crippen LogP contribution in [-0.4, -0.2) is 28.6 Å². The van der Waals surface area contributed by atoms with Crippen LogP contribution in [0.2, 0.25) is 0 Å². The van der Waals surface area contributed by atoms with E-state index in [1.165, 1.54) is 25.1 Å². The molecule has 0 saturated heterocycles. The van der Waals surface area contributed by atoms with E-state index in [-0.39, 0.29) is 0 Å². The fourth-order valence-corrected chi connectivity index (χ4v) is 4.46. The van der Waals surface area contributed by atoms with Gasteiger partial charge in [0.05, 0.1) is 11.4 Å². The minimum atomic E-state index is -0.942. The lowest BCUT2D eigenvalue weighted by molar-refractivity contribution is -0.534. The maximum absolute atomic E-state index is 11.6. The molecule has 22 heavy (non-hydrogen) atoms. The highest BCUT2D eigenvalue weighted by atomic mass is 32.1. The first-order valence-electron chi connectivity index (χ1n) is 8.01. The number of hydrogen-bond donors (Lipinski definition) is 1. The molecule has 4 rings (SSSR count). The molecule has 0 radical (unpaired) electrons. The van der Waals surface area contributed by atoms with Crippen LogP contribution in [-0.2, 0) is 5.72 Å². The topological polar surface area (TPSA) is 26.5 Å². The van der Waals surface area contributed by atoms with Crippen molar-refractivity contribution >= 4 is 22.9 Å². The number of hydrogen-bond acceptors (Lipinski definition) is 3. The molecule has 114 valence electrons. The Kier molecular flexibility index (Phi) is 3.51. The molecule has 0 aliphatic carbocycles. The minimum Gasteiger partial charge on any atom is -0.345 e. The molecule has 1 unspecified atom stereocenters. The average molecular weight is 313 g/mol. The Bertz CT molecular complexity index is 680. The molecule has 4 heteroatoms. The van der Waals surface area contributed by atoms with E-state index < -0.39 is 5.72 Å². The molecule has 1 atom stereocenters. The largest absolute Gasteiger partial charge is 0.345 e. The Morgan fingerprint density at radius 3 is 2.68 bits per heavy atom.